The third-order valence-electron chi connectivity index (χ3n) is 5.73. The summed E-state index contributed by atoms with van der Waals surface area (Å²) in [6.45, 7) is 3.15. The van der Waals surface area contributed by atoms with Crippen molar-refractivity contribution in [2.45, 2.75) is 51.2 Å². The Labute approximate surface area is 168 Å². The SMILES string of the molecule is CC(Oc1ccccc1)C(=O)N1CCN(S(=O)(=O)N(C)C2CCCCC2)CC1. The van der Waals surface area contributed by atoms with E-state index >= 15 is 0 Å². The highest BCUT2D eigenvalue weighted by Gasteiger charge is 2.36. The molecular weight excluding hydrogens is 378 g/mol. The monoisotopic (exact) mass is 409 g/mol. The number of rotatable bonds is 6. The average molecular weight is 410 g/mol. The van der Waals surface area contributed by atoms with Gasteiger partial charge in [0.25, 0.3) is 16.1 Å². The second kappa shape index (κ2) is 9.24. The summed E-state index contributed by atoms with van der Waals surface area (Å²) in [6.07, 6.45) is 4.63. The lowest BCUT2D eigenvalue weighted by atomic mass is 9.96. The van der Waals surface area contributed by atoms with Crippen LogP contribution in [-0.2, 0) is 15.0 Å². The number of ether oxygens (including phenoxy) is 1. The Morgan fingerprint density at radius 1 is 1.07 bits per heavy atom. The standard InChI is InChI=1S/C20H31N3O4S/c1-17(27-19-11-7-4-8-12-19)20(24)22-13-15-23(16-14-22)28(25,26)21(2)18-9-5-3-6-10-18/h4,7-8,11-12,17-18H,3,5-6,9-10,13-16H2,1-2H3. The summed E-state index contributed by atoms with van der Waals surface area (Å²) < 4.78 is 34.7. The van der Waals surface area contributed by atoms with Crippen molar-refractivity contribution < 1.29 is 17.9 Å². The molecule has 0 radical (unpaired) electrons. The van der Waals surface area contributed by atoms with Gasteiger partial charge >= 0.3 is 0 Å². The molecule has 1 saturated carbocycles. The predicted molar refractivity (Wildman–Crippen MR) is 108 cm³/mol. The van der Waals surface area contributed by atoms with E-state index < -0.39 is 16.3 Å². The third-order valence-corrected chi connectivity index (χ3v) is 7.78. The lowest BCUT2D eigenvalue weighted by Crippen LogP contribution is -2.56. The smallest absolute Gasteiger partial charge is 0.282 e. The van der Waals surface area contributed by atoms with E-state index in [2.05, 4.69) is 0 Å². The number of para-hydroxylation sites is 1. The van der Waals surface area contributed by atoms with Crippen LogP contribution < -0.4 is 4.74 Å². The van der Waals surface area contributed by atoms with Gasteiger partial charge in [-0.15, -0.1) is 0 Å². The molecule has 1 saturated heterocycles. The summed E-state index contributed by atoms with van der Waals surface area (Å²) in [4.78, 5) is 14.4. The van der Waals surface area contributed by atoms with E-state index in [1.165, 1.54) is 10.7 Å². The van der Waals surface area contributed by atoms with Gasteiger partial charge in [-0.25, -0.2) is 0 Å². The van der Waals surface area contributed by atoms with Crippen LogP contribution in [0.4, 0.5) is 0 Å². The van der Waals surface area contributed by atoms with Crippen LogP contribution in [0.2, 0.25) is 0 Å². The molecular formula is C20H31N3O4S. The van der Waals surface area contributed by atoms with E-state index in [4.69, 9.17) is 4.74 Å². The van der Waals surface area contributed by atoms with Gasteiger partial charge in [-0.3, -0.25) is 4.79 Å². The molecule has 1 aliphatic heterocycles. The molecule has 2 aliphatic rings. The van der Waals surface area contributed by atoms with Crippen LogP contribution in [0.5, 0.6) is 5.75 Å². The van der Waals surface area contributed by atoms with Gasteiger partial charge in [-0.05, 0) is 31.9 Å². The summed E-state index contributed by atoms with van der Waals surface area (Å²) in [5.74, 6) is 0.542. The molecule has 0 bridgehead atoms. The molecule has 156 valence electrons. The fraction of sp³-hybridized carbons (Fsp3) is 0.650. The number of piperazine rings is 1. The van der Waals surface area contributed by atoms with Crippen molar-refractivity contribution in [1.82, 2.24) is 13.5 Å². The van der Waals surface area contributed by atoms with Crippen LogP contribution >= 0.6 is 0 Å². The summed E-state index contributed by atoms with van der Waals surface area (Å²) in [6, 6.07) is 9.34. The van der Waals surface area contributed by atoms with Crippen molar-refractivity contribution >= 4 is 16.1 Å². The van der Waals surface area contributed by atoms with Crippen LogP contribution in [0.25, 0.3) is 0 Å². The average Bonchev–Trinajstić information content (AvgIpc) is 2.74. The first-order chi connectivity index (χ1) is 13.4. The van der Waals surface area contributed by atoms with Crippen LogP contribution in [-0.4, -0.2) is 73.2 Å². The first kappa shape index (κ1) is 21.1. The first-order valence-electron chi connectivity index (χ1n) is 10.1. The van der Waals surface area contributed by atoms with Gasteiger partial charge in [0, 0.05) is 39.3 Å². The van der Waals surface area contributed by atoms with Crippen molar-refractivity contribution in [3.63, 3.8) is 0 Å². The minimum absolute atomic E-state index is 0.0951. The fourth-order valence-electron chi connectivity index (χ4n) is 3.97. The van der Waals surface area contributed by atoms with Crippen molar-refractivity contribution in [3.8, 4) is 5.75 Å². The van der Waals surface area contributed by atoms with Gasteiger partial charge < -0.3 is 9.64 Å². The Morgan fingerprint density at radius 2 is 1.68 bits per heavy atom. The zero-order valence-corrected chi connectivity index (χ0v) is 17.6. The number of hydrogen-bond donors (Lipinski definition) is 0. The summed E-state index contributed by atoms with van der Waals surface area (Å²) in [5, 5.41) is 0. The number of carbonyl (C=O) groups is 1. The lowest BCUT2D eigenvalue weighted by molar-refractivity contribution is -0.139. The molecule has 1 unspecified atom stereocenters. The van der Waals surface area contributed by atoms with E-state index in [1.807, 2.05) is 30.3 Å². The molecule has 2 fully saturated rings. The molecule has 0 N–H and O–H groups in total. The van der Waals surface area contributed by atoms with Gasteiger partial charge in [0.2, 0.25) is 0 Å². The first-order valence-corrected chi connectivity index (χ1v) is 11.5. The largest absolute Gasteiger partial charge is 0.481 e. The normalized spacial score (nSPS) is 20.9. The Kier molecular flexibility index (Phi) is 6.95. The molecule has 1 atom stereocenters. The quantitative estimate of drug-likeness (QED) is 0.722. The Bertz CT molecular complexity index is 742. The molecule has 0 aromatic heterocycles. The predicted octanol–water partition coefficient (Wildman–Crippen LogP) is 2.11. The molecule has 7 nitrogen and oxygen atoms in total. The lowest BCUT2D eigenvalue weighted by Gasteiger charge is -2.39. The van der Waals surface area contributed by atoms with E-state index in [-0.39, 0.29) is 11.9 Å². The minimum Gasteiger partial charge on any atom is -0.481 e. The van der Waals surface area contributed by atoms with Gasteiger partial charge in [0.15, 0.2) is 6.10 Å². The van der Waals surface area contributed by atoms with Crippen LogP contribution in [0.1, 0.15) is 39.0 Å². The van der Waals surface area contributed by atoms with Crippen LogP contribution in [0.3, 0.4) is 0 Å². The second-order valence-corrected chi connectivity index (χ2v) is 9.60. The van der Waals surface area contributed by atoms with E-state index in [0.717, 1.165) is 25.7 Å². The van der Waals surface area contributed by atoms with Crippen molar-refractivity contribution in [1.29, 1.82) is 0 Å². The van der Waals surface area contributed by atoms with Crippen LogP contribution in [0, 0.1) is 0 Å². The summed E-state index contributed by atoms with van der Waals surface area (Å²) in [5.41, 5.74) is 0. The molecule has 3 rings (SSSR count). The van der Waals surface area contributed by atoms with Crippen molar-refractivity contribution in [2.24, 2.45) is 0 Å². The number of carbonyl (C=O) groups excluding carboxylic acids is 1. The molecule has 1 heterocycles. The zero-order chi connectivity index (χ0) is 20.1. The maximum Gasteiger partial charge on any atom is 0.282 e. The molecule has 8 heteroatoms. The van der Waals surface area contributed by atoms with E-state index in [9.17, 15) is 13.2 Å². The number of hydrogen-bond acceptors (Lipinski definition) is 4. The molecule has 0 spiro atoms. The molecule has 1 amide bonds. The van der Waals surface area contributed by atoms with Crippen molar-refractivity contribution in [3.05, 3.63) is 30.3 Å². The Morgan fingerprint density at radius 3 is 2.29 bits per heavy atom. The Hall–Kier alpha value is -1.64. The van der Waals surface area contributed by atoms with Gasteiger partial charge in [-0.1, -0.05) is 37.5 Å². The van der Waals surface area contributed by atoms with E-state index in [0.29, 0.717) is 31.9 Å². The molecule has 1 aliphatic carbocycles. The zero-order valence-electron chi connectivity index (χ0n) is 16.8. The fourth-order valence-corrected chi connectivity index (χ4v) is 5.54. The highest BCUT2D eigenvalue weighted by molar-refractivity contribution is 7.86. The van der Waals surface area contributed by atoms with Gasteiger partial charge in [-0.2, -0.15) is 17.0 Å². The maximum absolute atomic E-state index is 13.0. The summed E-state index contributed by atoms with van der Waals surface area (Å²) >= 11 is 0. The van der Waals surface area contributed by atoms with Gasteiger partial charge in [0.1, 0.15) is 5.75 Å². The van der Waals surface area contributed by atoms with Crippen molar-refractivity contribution in [2.75, 3.05) is 33.2 Å². The van der Waals surface area contributed by atoms with Gasteiger partial charge in [0.05, 0.1) is 0 Å². The number of amides is 1. The molecule has 28 heavy (non-hydrogen) atoms. The Balaban J connectivity index is 1.53. The van der Waals surface area contributed by atoms with E-state index in [1.54, 1.807) is 23.2 Å². The highest BCUT2D eigenvalue weighted by atomic mass is 32.2. The topological polar surface area (TPSA) is 70.2 Å². The minimum atomic E-state index is -3.48. The maximum atomic E-state index is 13.0. The second-order valence-electron chi connectivity index (χ2n) is 7.61. The molecule has 1 aromatic carbocycles. The van der Waals surface area contributed by atoms with Crippen LogP contribution in [0.15, 0.2) is 30.3 Å². The third kappa shape index (κ3) is 4.85. The summed E-state index contributed by atoms with van der Waals surface area (Å²) in [7, 11) is -1.79. The molecule has 1 aromatic rings. The number of benzene rings is 1. The highest BCUT2D eigenvalue weighted by Crippen LogP contribution is 2.25. The number of nitrogens with zero attached hydrogens (tertiary/aromatic N) is 3.